The average molecular weight is 137 g/mol. The summed E-state index contributed by atoms with van der Waals surface area (Å²) in [7, 11) is 1.64. The van der Waals surface area contributed by atoms with Crippen LogP contribution in [-0.2, 0) is 4.79 Å². The molecule has 1 aliphatic rings. The van der Waals surface area contributed by atoms with Gasteiger partial charge in [0.1, 0.15) is 5.84 Å². The van der Waals surface area contributed by atoms with E-state index in [1.165, 1.54) is 4.90 Å². The molecule has 52 valence electrons. The molecule has 0 amide bonds. The van der Waals surface area contributed by atoms with Gasteiger partial charge in [0.15, 0.2) is 11.7 Å². The van der Waals surface area contributed by atoms with Gasteiger partial charge in [-0.3, -0.25) is 10.2 Å². The summed E-state index contributed by atoms with van der Waals surface area (Å²) in [6.45, 7) is 0.205. The average Bonchev–Trinajstić information content (AvgIpc) is 2.09. The van der Waals surface area contributed by atoms with Crippen LogP contribution < -0.4 is 0 Å². The zero-order valence-electron chi connectivity index (χ0n) is 5.59. The molecule has 1 N–H and O–H groups in total. The van der Waals surface area contributed by atoms with Crippen LogP contribution >= 0.6 is 0 Å². The molecule has 1 heterocycles. The Kier molecular flexibility index (Phi) is 1.42. The number of nitrogens with one attached hydrogen (secondary N) is 1. The number of rotatable bonds is 0. The first kappa shape index (κ1) is 6.75. The second kappa shape index (κ2) is 2.10. The molecule has 4 heteroatoms. The summed E-state index contributed by atoms with van der Waals surface area (Å²) >= 11 is 0. The van der Waals surface area contributed by atoms with Gasteiger partial charge in [-0.05, 0) is 0 Å². The number of nitrogens with zero attached hydrogens (tertiary/aromatic N) is 2. The second-order valence-corrected chi connectivity index (χ2v) is 2.27. The summed E-state index contributed by atoms with van der Waals surface area (Å²) in [6, 6.07) is 1.78. The summed E-state index contributed by atoms with van der Waals surface area (Å²) in [5.74, 6) is -0.868. The molecular weight excluding hydrogens is 130 g/mol. The van der Waals surface area contributed by atoms with E-state index in [1.807, 2.05) is 0 Å². The number of carbonyl (C=O) groups is 1. The van der Waals surface area contributed by atoms with Gasteiger partial charge in [-0.1, -0.05) is 0 Å². The van der Waals surface area contributed by atoms with Gasteiger partial charge in [-0.2, -0.15) is 5.26 Å². The van der Waals surface area contributed by atoms with E-state index in [0.717, 1.165) is 0 Å². The minimum Gasteiger partial charge on any atom is -0.355 e. The van der Waals surface area contributed by atoms with Gasteiger partial charge < -0.3 is 4.90 Å². The van der Waals surface area contributed by atoms with Crippen LogP contribution in [0.4, 0.5) is 0 Å². The molecule has 0 spiro atoms. The minimum atomic E-state index is -0.815. The van der Waals surface area contributed by atoms with Crippen LogP contribution in [0.2, 0.25) is 0 Å². The predicted octanol–water partition coefficient (Wildman–Crippen LogP) is -0.382. The van der Waals surface area contributed by atoms with Crippen molar-refractivity contribution in [3.05, 3.63) is 0 Å². The van der Waals surface area contributed by atoms with Crippen molar-refractivity contribution in [3.8, 4) is 6.07 Å². The second-order valence-electron chi connectivity index (χ2n) is 2.27. The molecular formula is C6H7N3O. The maximum absolute atomic E-state index is 10.8. The fourth-order valence-corrected chi connectivity index (χ4v) is 0.916. The Morgan fingerprint density at radius 3 is 2.70 bits per heavy atom. The highest BCUT2D eigenvalue weighted by atomic mass is 16.1. The summed E-state index contributed by atoms with van der Waals surface area (Å²) in [4.78, 5) is 12.3. The first-order chi connectivity index (χ1) is 4.66. The predicted molar refractivity (Wildman–Crippen MR) is 34.5 cm³/mol. The number of hydrogen-bond donors (Lipinski definition) is 1. The molecule has 4 nitrogen and oxygen atoms in total. The van der Waals surface area contributed by atoms with Crippen molar-refractivity contribution in [2.45, 2.75) is 0 Å². The lowest BCUT2D eigenvalue weighted by Gasteiger charge is -2.06. The molecule has 1 unspecified atom stereocenters. The van der Waals surface area contributed by atoms with E-state index in [-0.39, 0.29) is 18.2 Å². The van der Waals surface area contributed by atoms with Gasteiger partial charge in [-0.15, -0.1) is 0 Å². The van der Waals surface area contributed by atoms with Crippen molar-refractivity contribution in [2.75, 3.05) is 13.6 Å². The molecule has 0 aromatic rings. The van der Waals surface area contributed by atoms with Gasteiger partial charge in [0.25, 0.3) is 0 Å². The maximum atomic E-state index is 10.8. The monoisotopic (exact) mass is 137 g/mol. The number of amidine groups is 1. The maximum Gasteiger partial charge on any atom is 0.176 e. The van der Waals surface area contributed by atoms with Crippen molar-refractivity contribution in [1.82, 2.24) is 4.90 Å². The molecule has 0 radical (unpaired) electrons. The number of Topliss-reactive ketones (excluding diaryl/α,β-unsaturated/α-hetero) is 1. The van der Waals surface area contributed by atoms with Crippen LogP contribution in [0.3, 0.4) is 0 Å². The Hall–Kier alpha value is -1.37. The fourth-order valence-electron chi connectivity index (χ4n) is 0.916. The van der Waals surface area contributed by atoms with Gasteiger partial charge in [0.2, 0.25) is 0 Å². The van der Waals surface area contributed by atoms with Crippen LogP contribution in [0.1, 0.15) is 0 Å². The molecule has 0 aromatic carbocycles. The smallest absolute Gasteiger partial charge is 0.176 e. The topological polar surface area (TPSA) is 68.0 Å². The highest BCUT2D eigenvalue weighted by molar-refractivity contribution is 6.11. The normalized spacial score (nSPS) is 25.2. The highest BCUT2D eigenvalue weighted by Gasteiger charge is 2.33. The summed E-state index contributed by atoms with van der Waals surface area (Å²) < 4.78 is 0. The standard InChI is InChI=1S/C6H7N3O/c1-9-3-5(10)4(2-7)6(9)8/h4,8H,3H2,1H3. The zero-order valence-corrected chi connectivity index (χ0v) is 5.59. The van der Waals surface area contributed by atoms with E-state index in [1.54, 1.807) is 13.1 Å². The van der Waals surface area contributed by atoms with Crippen molar-refractivity contribution in [3.63, 3.8) is 0 Å². The summed E-state index contributed by atoms with van der Waals surface area (Å²) in [5, 5.41) is 15.6. The molecule has 0 aromatic heterocycles. The minimum absolute atomic E-state index is 0.118. The van der Waals surface area contributed by atoms with E-state index in [2.05, 4.69) is 0 Å². The highest BCUT2D eigenvalue weighted by Crippen LogP contribution is 2.11. The Bertz CT molecular complexity index is 228. The van der Waals surface area contributed by atoms with E-state index in [4.69, 9.17) is 10.7 Å². The Labute approximate surface area is 58.6 Å². The lowest BCUT2D eigenvalue weighted by atomic mass is 10.1. The van der Waals surface area contributed by atoms with E-state index < -0.39 is 5.92 Å². The van der Waals surface area contributed by atoms with Crippen LogP contribution in [0.5, 0.6) is 0 Å². The van der Waals surface area contributed by atoms with Gasteiger partial charge in [0, 0.05) is 7.05 Å². The summed E-state index contributed by atoms with van der Waals surface area (Å²) in [6.07, 6.45) is 0. The Morgan fingerprint density at radius 1 is 1.90 bits per heavy atom. The third kappa shape index (κ3) is 0.760. The van der Waals surface area contributed by atoms with Crippen LogP contribution in [0.25, 0.3) is 0 Å². The molecule has 1 aliphatic heterocycles. The van der Waals surface area contributed by atoms with Crippen molar-refractivity contribution in [2.24, 2.45) is 5.92 Å². The molecule has 1 fully saturated rings. The number of carbonyl (C=O) groups excluding carboxylic acids is 1. The van der Waals surface area contributed by atoms with E-state index in [9.17, 15) is 4.79 Å². The third-order valence-corrected chi connectivity index (χ3v) is 1.53. The SMILES string of the molecule is CN1CC(=O)C(C#N)C1=N. The number of nitriles is 1. The molecule has 1 saturated heterocycles. The quantitative estimate of drug-likeness (QED) is 0.494. The van der Waals surface area contributed by atoms with Crippen molar-refractivity contribution in [1.29, 1.82) is 10.7 Å². The largest absolute Gasteiger partial charge is 0.355 e. The number of hydrogen-bond acceptors (Lipinski definition) is 3. The lowest BCUT2D eigenvalue weighted by molar-refractivity contribution is -0.118. The van der Waals surface area contributed by atoms with Crippen molar-refractivity contribution < 1.29 is 4.79 Å². The molecule has 1 atom stereocenters. The van der Waals surface area contributed by atoms with Crippen LogP contribution in [0, 0.1) is 22.7 Å². The van der Waals surface area contributed by atoms with Gasteiger partial charge in [0.05, 0.1) is 12.6 Å². The first-order valence-corrected chi connectivity index (χ1v) is 2.88. The van der Waals surface area contributed by atoms with Gasteiger partial charge >= 0.3 is 0 Å². The number of likely N-dealkylation sites (tertiary alicyclic amines) is 1. The van der Waals surface area contributed by atoms with Crippen molar-refractivity contribution >= 4 is 11.6 Å². The van der Waals surface area contributed by atoms with Crippen LogP contribution in [-0.4, -0.2) is 30.1 Å². The lowest BCUT2D eigenvalue weighted by Crippen LogP contribution is -2.20. The Morgan fingerprint density at radius 2 is 2.50 bits per heavy atom. The van der Waals surface area contributed by atoms with Gasteiger partial charge in [-0.25, -0.2) is 0 Å². The molecule has 1 rings (SSSR count). The zero-order chi connectivity index (χ0) is 7.72. The summed E-state index contributed by atoms with van der Waals surface area (Å²) in [5.41, 5.74) is 0. The third-order valence-electron chi connectivity index (χ3n) is 1.53. The van der Waals surface area contributed by atoms with E-state index in [0.29, 0.717) is 0 Å². The first-order valence-electron chi connectivity index (χ1n) is 2.88. The molecule has 0 saturated carbocycles. The number of likely N-dealkylation sites (N-methyl/N-ethyl adjacent to an activating group) is 1. The fraction of sp³-hybridized carbons (Fsp3) is 0.500. The molecule has 0 aliphatic carbocycles. The molecule has 0 bridgehead atoms. The van der Waals surface area contributed by atoms with Crippen LogP contribution in [0.15, 0.2) is 0 Å². The number of ketones is 1. The Balaban J connectivity index is 2.87. The van der Waals surface area contributed by atoms with E-state index >= 15 is 0 Å². The molecule has 10 heavy (non-hydrogen) atoms.